The van der Waals surface area contributed by atoms with E-state index in [0.717, 1.165) is 13.1 Å². The van der Waals surface area contributed by atoms with Crippen LogP contribution in [-0.4, -0.2) is 62.1 Å². The molecule has 0 aliphatic carbocycles. The van der Waals surface area contributed by atoms with Crippen LogP contribution in [0.1, 0.15) is 31.2 Å². The van der Waals surface area contributed by atoms with E-state index in [1.165, 1.54) is 50.9 Å². The van der Waals surface area contributed by atoms with Gasteiger partial charge in [0.1, 0.15) is 0 Å². The highest BCUT2D eigenvalue weighted by molar-refractivity contribution is 5.77. The Hall–Kier alpha value is -1.39. The lowest BCUT2D eigenvalue weighted by Gasteiger charge is -2.54. The number of aryl methyl sites for hydroxylation is 1. The lowest BCUT2D eigenvalue weighted by atomic mass is 9.72. The van der Waals surface area contributed by atoms with Crippen LogP contribution in [0.3, 0.4) is 0 Å². The normalized spacial score (nSPS) is 20.1. The Balaban J connectivity index is 1.33. The predicted octanol–water partition coefficient (Wildman–Crippen LogP) is 2.58. The molecule has 24 heavy (non-hydrogen) atoms. The smallest absolute Gasteiger partial charge is 0.224 e. The number of carbonyl (C=O) groups excluding carboxylic acids is 1. The minimum atomic E-state index is 0.257. The first kappa shape index (κ1) is 17.4. The molecule has 4 nitrogen and oxygen atoms in total. The number of benzene rings is 1. The number of nitrogens with zero attached hydrogens (tertiary/aromatic N) is 2. The molecule has 1 amide bonds. The second-order valence-corrected chi connectivity index (χ2v) is 7.42. The molecule has 1 aromatic rings. The maximum atomic E-state index is 12.0. The predicted molar refractivity (Wildman–Crippen MR) is 95.9 cm³/mol. The van der Waals surface area contributed by atoms with E-state index in [2.05, 4.69) is 35.2 Å². The van der Waals surface area contributed by atoms with Gasteiger partial charge in [-0.15, -0.1) is 0 Å². The highest BCUT2D eigenvalue weighted by Gasteiger charge is 2.46. The summed E-state index contributed by atoms with van der Waals surface area (Å²) in [6.07, 6.45) is 5.42. The topological polar surface area (TPSA) is 32.8 Å². The number of piperidine rings is 1. The maximum absolute atomic E-state index is 12.0. The van der Waals surface area contributed by atoms with Crippen LogP contribution in [0.2, 0.25) is 0 Å². The molecule has 2 heterocycles. The van der Waals surface area contributed by atoms with Gasteiger partial charge < -0.3 is 14.5 Å². The number of hydrogen-bond donors (Lipinski definition) is 0. The number of hydrogen-bond acceptors (Lipinski definition) is 3. The summed E-state index contributed by atoms with van der Waals surface area (Å²) < 4.78 is 5.00. The summed E-state index contributed by atoms with van der Waals surface area (Å²) in [5, 5.41) is 0. The molecular weight excluding hydrogens is 300 g/mol. The van der Waals surface area contributed by atoms with Crippen molar-refractivity contribution in [3.05, 3.63) is 35.9 Å². The average Bonchev–Trinajstić information content (AvgIpc) is 2.59. The van der Waals surface area contributed by atoms with Crippen molar-refractivity contribution in [2.24, 2.45) is 5.41 Å². The molecule has 1 spiro atoms. The van der Waals surface area contributed by atoms with Gasteiger partial charge in [-0.3, -0.25) is 4.79 Å². The molecular formula is C20H30N2O2. The summed E-state index contributed by atoms with van der Waals surface area (Å²) in [5.41, 5.74) is 1.86. The zero-order valence-electron chi connectivity index (χ0n) is 14.9. The standard InChI is InChI=1S/C20H30N2O2/c1-24-15-9-19(23)22-16-20(17-22)10-13-21(14-11-20)12-5-8-18-6-3-2-4-7-18/h2-4,6-7H,5,8-17H2,1H3. The molecule has 2 aliphatic rings. The molecule has 0 radical (unpaired) electrons. The lowest BCUT2D eigenvalue weighted by molar-refractivity contribution is -0.147. The molecule has 0 bridgehead atoms. The minimum Gasteiger partial charge on any atom is -0.384 e. The van der Waals surface area contributed by atoms with Gasteiger partial charge in [0.05, 0.1) is 13.0 Å². The molecule has 132 valence electrons. The van der Waals surface area contributed by atoms with E-state index in [1.807, 2.05) is 4.90 Å². The van der Waals surface area contributed by atoms with Crippen molar-refractivity contribution in [3.63, 3.8) is 0 Å². The summed E-state index contributed by atoms with van der Waals surface area (Å²) in [5.74, 6) is 0.257. The van der Waals surface area contributed by atoms with Crippen LogP contribution in [0.25, 0.3) is 0 Å². The van der Waals surface area contributed by atoms with E-state index >= 15 is 0 Å². The maximum Gasteiger partial charge on any atom is 0.224 e. The summed E-state index contributed by atoms with van der Waals surface area (Å²) in [6, 6.07) is 10.8. The molecule has 2 fully saturated rings. The molecule has 0 aromatic heterocycles. The van der Waals surface area contributed by atoms with Gasteiger partial charge in [-0.05, 0) is 50.9 Å². The average molecular weight is 330 g/mol. The number of carbonyl (C=O) groups is 1. The molecule has 0 atom stereocenters. The van der Waals surface area contributed by atoms with Gasteiger partial charge in [0, 0.05) is 25.6 Å². The van der Waals surface area contributed by atoms with E-state index in [4.69, 9.17) is 4.74 Å². The second kappa shape index (κ2) is 8.13. The third-order valence-corrected chi connectivity index (χ3v) is 5.62. The molecule has 0 saturated carbocycles. The van der Waals surface area contributed by atoms with Crippen molar-refractivity contribution in [1.82, 2.24) is 9.80 Å². The van der Waals surface area contributed by atoms with Gasteiger partial charge in [0.2, 0.25) is 5.91 Å². The Morgan fingerprint density at radius 2 is 1.88 bits per heavy atom. The van der Waals surface area contributed by atoms with Crippen molar-refractivity contribution in [1.29, 1.82) is 0 Å². The monoisotopic (exact) mass is 330 g/mol. The van der Waals surface area contributed by atoms with Crippen LogP contribution in [-0.2, 0) is 16.0 Å². The highest BCUT2D eigenvalue weighted by atomic mass is 16.5. The SMILES string of the molecule is COCCC(=O)N1CC2(CCN(CCCc3ccccc3)CC2)C1. The number of rotatable bonds is 7. The Kier molecular flexibility index (Phi) is 5.90. The van der Waals surface area contributed by atoms with Gasteiger partial charge in [-0.2, -0.15) is 0 Å². The van der Waals surface area contributed by atoms with Gasteiger partial charge >= 0.3 is 0 Å². The zero-order chi connectivity index (χ0) is 16.8. The van der Waals surface area contributed by atoms with E-state index in [0.29, 0.717) is 18.4 Å². The van der Waals surface area contributed by atoms with E-state index in [9.17, 15) is 4.79 Å². The number of likely N-dealkylation sites (tertiary alicyclic amines) is 2. The second-order valence-electron chi connectivity index (χ2n) is 7.42. The Morgan fingerprint density at radius 3 is 2.54 bits per heavy atom. The molecule has 2 saturated heterocycles. The first-order valence-electron chi connectivity index (χ1n) is 9.24. The Bertz CT molecular complexity index is 516. The molecule has 0 unspecified atom stereocenters. The summed E-state index contributed by atoms with van der Waals surface area (Å²) in [7, 11) is 1.65. The van der Waals surface area contributed by atoms with Crippen molar-refractivity contribution < 1.29 is 9.53 Å². The first-order valence-corrected chi connectivity index (χ1v) is 9.24. The highest BCUT2D eigenvalue weighted by Crippen LogP contribution is 2.40. The van der Waals surface area contributed by atoms with Crippen molar-refractivity contribution in [2.45, 2.75) is 32.1 Å². The fraction of sp³-hybridized carbons (Fsp3) is 0.650. The number of methoxy groups -OCH3 is 1. The quantitative estimate of drug-likeness (QED) is 0.770. The van der Waals surface area contributed by atoms with Crippen molar-refractivity contribution >= 4 is 5.91 Å². The molecule has 0 N–H and O–H groups in total. The van der Waals surface area contributed by atoms with Crippen LogP contribution in [0.4, 0.5) is 0 Å². The minimum absolute atomic E-state index is 0.257. The lowest BCUT2D eigenvalue weighted by Crippen LogP contribution is -2.62. The largest absolute Gasteiger partial charge is 0.384 e. The third kappa shape index (κ3) is 4.37. The van der Waals surface area contributed by atoms with Crippen molar-refractivity contribution in [3.8, 4) is 0 Å². The van der Waals surface area contributed by atoms with Crippen LogP contribution < -0.4 is 0 Å². The Labute approximate surface area is 145 Å². The van der Waals surface area contributed by atoms with Gasteiger partial charge in [-0.25, -0.2) is 0 Å². The van der Waals surface area contributed by atoms with Crippen LogP contribution in [0.15, 0.2) is 30.3 Å². The van der Waals surface area contributed by atoms with Gasteiger partial charge in [-0.1, -0.05) is 30.3 Å². The summed E-state index contributed by atoms with van der Waals surface area (Å²) >= 11 is 0. The zero-order valence-corrected chi connectivity index (χ0v) is 14.9. The number of ether oxygens (including phenoxy) is 1. The van der Waals surface area contributed by atoms with E-state index in [-0.39, 0.29) is 5.91 Å². The van der Waals surface area contributed by atoms with Crippen LogP contribution in [0.5, 0.6) is 0 Å². The van der Waals surface area contributed by atoms with Crippen molar-refractivity contribution in [2.75, 3.05) is 46.4 Å². The fourth-order valence-electron chi connectivity index (χ4n) is 4.01. The molecule has 2 aliphatic heterocycles. The van der Waals surface area contributed by atoms with Gasteiger partial charge in [0.25, 0.3) is 0 Å². The third-order valence-electron chi connectivity index (χ3n) is 5.62. The molecule has 3 rings (SSSR count). The summed E-state index contributed by atoms with van der Waals surface area (Å²) in [4.78, 5) is 16.6. The molecule has 1 aromatic carbocycles. The Morgan fingerprint density at radius 1 is 1.17 bits per heavy atom. The van der Waals surface area contributed by atoms with Gasteiger partial charge in [0.15, 0.2) is 0 Å². The van der Waals surface area contributed by atoms with E-state index < -0.39 is 0 Å². The van der Waals surface area contributed by atoms with Crippen LogP contribution >= 0.6 is 0 Å². The summed E-state index contributed by atoms with van der Waals surface area (Å²) in [6.45, 7) is 6.05. The fourth-order valence-corrected chi connectivity index (χ4v) is 4.01. The first-order chi connectivity index (χ1) is 11.7. The van der Waals surface area contributed by atoms with E-state index in [1.54, 1.807) is 7.11 Å². The van der Waals surface area contributed by atoms with Crippen LogP contribution in [0, 0.1) is 5.41 Å². The molecule has 4 heteroatoms. The number of amides is 1.